The van der Waals surface area contributed by atoms with E-state index in [4.69, 9.17) is 10.5 Å². The summed E-state index contributed by atoms with van der Waals surface area (Å²) in [6, 6.07) is 10.6. The number of nitrogens with zero attached hydrogens (tertiary/aromatic N) is 1. The number of carbonyl (C=O) groups excluding carboxylic acids is 1. The van der Waals surface area contributed by atoms with E-state index in [-0.39, 0.29) is 17.0 Å². The summed E-state index contributed by atoms with van der Waals surface area (Å²) >= 11 is 0. The molecule has 0 aliphatic heterocycles. The quantitative estimate of drug-likeness (QED) is 0.510. The zero-order valence-corrected chi connectivity index (χ0v) is 11.2. The molecule has 0 spiro atoms. The molecule has 2 rings (SSSR count). The van der Waals surface area contributed by atoms with Gasteiger partial charge >= 0.3 is 5.69 Å². The smallest absolute Gasteiger partial charge is 0.310 e. The summed E-state index contributed by atoms with van der Waals surface area (Å²) in [6.07, 6.45) is 0. The van der Waals surface area contributed by atoms with Gasteiger partial charge in [-0.2, -0.15) is 0 Å². The maximum absolute atomic E-state index is 12.1. The number of amides is 1. The number of hydrogen-bond donors (Lipinski definition) is 2. The van der Waals surface area contributed by atoms with Crippen LogP contribution in [0.3, 0.4) is 0 Å². The van der Waals surface area contributed by atoms with Crippen molar-refractivity contribution in [3.05, 3.63) is 58.1 Å². The highest BCUT2D eigenvalue weighted by atomic mass is 16.6. The molecule has 0 atom stereocenters. The predicted octanol–water partition coefficient (Wildman–Crippen LogP) is 2.44. The molecule has 108 valence electrons. The Hall–Kier alpha value is -3.09. The number of anilines is 2. The maximum atomic E-state index is 12.1. The Morgan fingerprint density at radius 3 is 2.48 bits per heavy atom. The van der Waals surface area contributed by atoms with Gasteiger partial charge in [0.2, 0.25) is 0 Å². The van der Waals surface area contributed by atoms with Gasteiger partial charge in [-0.3, -0.25) is 14.9 Å². The number of nitro groups is 1. The van der Waals surface area contributed by atoms with Crippen molar-refractivity contribution in [2.75, 3.05) is 18.2 Å². The average Bonchev–Trinajstić information content (AvgIpc) is 2.48. The third-order valence-electron chi connectivity index (χ3n) is 2.81. The molecule has 0 aliphatic rings. The normalized spacial score (nSPS) is 9.95. The zero-order valence-electron chi connectivity index (χ0n) is 11.2. The van der Waals surface area contributed by atoms with Crippen LogP contribution < -0.4 is 15.8 Å². The van der Waals surface area contributed by atoms with Crippen LogP contribution in [0.4, 0.5) is 17.1 Å². The zero-order chi connectivity index (χ0) is 15.4. The number of ether oxygens (including phenoxy) is 1. The van der Waals surface area contributed by atoms with Crippen molar-refractivity contribution >= 4 is 23.0 Å². The molecule has 3 N–H and O–H groups in total. The number of nitrogens with one attached hydrogen (secondary N) is 1. The van der Waals surface area contributed by atoms with Gasteiger partial charge in [0, 0.05) is 29.1 Å². The van der Waals surface area contributed by atoms with Crippen LogP contribution in [-0.4, -0.2) is 17.9 Å². The van der Waals surface area contributed by atoms with Gasteiger partial charge in [-0.1, -0.05) is 0 Å². The SMILES string of the molecule is COc1cc(C(=O)Nc2ccc(N)cc2)ccc1[N+](=O)[O-]. The molecule has 0 saturated carbocycles. The Labute approximate surface area is 120 Å². The van der Waals surface area contributed by atoms with Gasteiger partial charge in [0.15, 0.2) is 5.75 Å². The summed E-state index contributed by atoms with van der Waals surface area (Å²) in [5.74, 6) is -0.363. The molecule has 0 aliphatic carbocycles. The van der Waals surface area contributed by atoms with Crippen LogP contribution in [-0.2, 0) is 0 Å². The van der Waals surface area contributed by atoms with Crippen molar-refractivity contribution < 1.29 is 14.5 Å². The molecule has 2 aromatic rings. The van der Waals surface area contributed by atoms with E-state index in [0.29, 0.717) is 11.4 Å². The average molecular weight is 287 g/mol. The predicted molar refractivity (Wildman–Crippen MR) is 78.5 cm³/mol. The van der Waals surface area contributed by atoms with E-state index >= 15 is 0 Å². The fourth-order valence-electron chi connectivity index (χ4n) is 1.74. The first kappa shape index (κ1) is 14.3. The number of benzene rings is 2. The maximum Gasteiger partial charge on any atom is 0.310 e. The second-order valence-electron chi connectivity index (χ2n) is 4.22. The molecule has 1 amide bonds. The molecule has 0 unspecified atom stereocenters. The van der Waals surface area contributed by atoms with Gasteiger partial charge in [0.05, 0.1) is 12.0 Å². The fraction of sp³-hybridized carbons (Fsp3) is 0.0714. The Bertz CT molecular complexity index is 683. The number of nitrogen functional groups attached to an aromatic ring is 1. The Morgan fingerprint density at radius 1 is 1.24 bits per heavy atom. The van der Waals surface area contributed by atoms with E-state index in [1.165, 1.54) is 25.3 Å². The molecule has 0 aromatic heterocycles. The van der Waals surface area contributed by atoms with Crippen LogP contribution in [0, 0.1) is 10.1 Å². The van der Waals surface area contributed by atoms with Crippen LogP contribution in [0.15, 0.2) is 42.5 Å². The topological polar surface area (TPSA) is 107 Å². The Morgan fingerprint density at radius 2 is 1.90 bits per heavy atom. The van der Waals surface area contributed by atoms with E-state index in [0.717, 1.165) is 0 Å². The van der Waals surface area contributed by atoms with E-state index in [1.807, 2.05) is 0 Å². The van der Waals surface area contributed by atoms with E-state index in [1.54, 1.807) is 24.3 Å². The summed E-state index contributed by atoms with van der Waals surface area (Å²) in [7, 11) is 1.31. The van der Waals surface area contributed by atoms with E-state index in [2.05, 4.69) is 5.32 Å². The van der Waals surface area contributed by atoms with Crippen LogP contribution in [0.2, 0.25) is 0 Å². The van der Waals surface area contributed by atoms with Crippen LogP contribution >= 0.6 is 0 Å². The summed E-state index contributed by atoms with van der Waals surface area (Å²) in [5.41, 5.74) is 6.79. The van der Waals surface area contributed by atoms with Gasteiger partial charge in [-0.15, -0.1) is 0 Å². The Kier molecular flexibility index (Phi) is 4.03. The molecule has 0 saturated heterocycles. The van der Waals surface area contributed by atoms with Crippen molar-refractivity contribution in [1.29, 1.82) is 0 Å². The first-order chi connectivity index (χ1) is 10.0. The van der Waals surface area contributed by atoms with Crippen molar-refractivity contribution in [3.63, 3.8) is 0 Å². The number of hydrogen-bond acceptors (Lipinski definition) is 5. The lowest BCUT2D eigenvalue weighted by Crippen LogP contribution is -2.12. The van der Waals surface area contributed by atoms with Crippen molar-refractivity contribution in [2.24, 2.45) is 0 Å². The number of rotatable bonds is 4. The molecular formula is C14H13N3O4. The van der Waals surface area contributed by atoms with Gasteiger partial charge in [0.25, 0.3) is 5.91 Å². The molecule has 0 heterocycles. The highest BCUT2D eigenvalue weighted by Crippen LogP contribution is 2.27. The van der Waals surface area contributed by atoms with Crippen LogP contribution in [0.1, 0.15) is 10.4 Å². The second kappa shape index (κ2) is 5.91. The standard InChI is InChI=1S/C14H13N3O4/c1-21-13-8-9(2-7-12(13)17(19)20)14(18)16-11-5-3-10(15)4-6-11/h2-8H,15H2,1H3,(H,16,18). The molecule has 0 radical (unpaired) electrons. The number of carbonyl (C=O) groups is 1. The minimum absolute atomic E-state index is 0.0324. The lowest BCUT2D eigenvalue weighted by atomic mass is 10.1. The lowest BCUT2D eigenvalue weighted by Gasteiger charge is -2.07. The van der Waals surface area contributed by atoms with E-state index < -0.39 is 10.8 Å². The molecule has 0 fully saturated rings. The van der Waals surface area contributed by atoms with Crippen molar-refractivity contribution in [3.8, 4) is 5.75 Å². The van der Waals surface area contributed by atoms with Gasteiger partial charge in [0.1, 0.15) is 0 Å². The number of nitrogens with two attached hydrogens (primary N) is 1. The molecule has 2 aromatic carbocycles. The number of nitro benzene ring substituents is 1. The van der Waals surface area contributed by atoms with Gasteiger partial charge in [-0.25, -0.2) is 0 Å². The monoisotopic (exact) mass is 287 g/mol. The third kappa shape index (κ3) is 3.27. The van der Waals surface area contributed by atoms with E-state index in [9.17, 15) is 14.9 Å². The Balaban J connectivity index is 2.23. The van der Waals surface area contributed by atoms with Crippen LogP contribution in [0.25, 0.3) is 0 Å². The summed E-state index contributed by atoms with van der Waals surface area (Å²) in [6.45, 7) is 0. The van der Waals surface area contributed by atoms with Crippen molar-refractivity contribution in [1.82, 2.24) is 0 Å². The highest BCUT2D eigenvalue weighted by molar-refractivity contribution is 6.04. The minimum Gasteiger partial charge on any atom is -0.490 e. The molecule has 7 heteroatoms. The molecule has 7 nitrogen and oxygen atoms in total. The summed E-state index contributed by atoms with van der Waals surface area (Å²) in [5, 5.41) is 13.5. The highest BCUT2D eigenvalue weighted by Gasteiger charge is 2.17. The third-order valence-corrected chi connectivity index (χ3v) is 2.81. The molecule has 21 heavy (non-hydrogen) atoms. The number of methoxy groups -OCH3 is 1. The summed E-state index contributed by atoms with van der Waals surface area (Å²) < 4.78 is 4.93. The molecular weight excluding hydrogens is 274 g/mol. The largest absolute Gasteiger partial charge is 0.490 e. The van der Waals surface area contributed by atoms with Gasteiger partial charge in [-0.05, 0) is 30.3 Å². The minimum atomic E-state index is -0.569. The van der Waals surface area contributed by atoms with Crippen LogP contribution in [0.5, 0.6) is 5.75 Å². The van der Waals surface area contributed by atoms with Gasteiger partial charge < -0.3 is 15.8 Å². The second-order valence-corrected chi connectivity index (χ2v) is 4.22. The first-order valence-electron chi connectivity index (χ1n) is 6.00. The summed E-state index contributed by atoms with van der Waals surface area (Å²) in [4.78, 5) is 22.3. The first-order valence-corrected chi connectivity index (χ1v) is 6.00. The lowest BCUT2D eigenvalue weighted by molar-refractivity contribution is -0.385. The fourth-order valence-corrected chi connectivity index (χ4v) is 1.74. The molecule has 0 bridgehead atoms. The van der Waals surface area contributed by atoms with Crippen molar-refractivity contribution in [2.45, 2.75) is 0 Å².